The summed E-state index contributed by atoms with van der Waals surface area (Å²) in [5, 5.41) is 13.0. The molecule has 1 aromatic rings. The smallest absolute Gasteiger partial charge is 0.335 e. The highest BCUT2D eigenvalue weighted by molar-refractivity contribution is 5.88. The van der Waals surface area contributed by atoms with E-state index in [9.17, 15) is 14.7 Å². The Labute approximate surface area is 301 Å². The van der Waals surface area contributed by atoms with E-state index in [0.29, 0.717) is 41.1 Å². The van der Waals surface area contributed by atoms with Crippen LogP contribution in [0.5, 0.6) is 0 Å². The van der Waals surface area contributed by atoms with Crippen molar-refractivity contribution < 1.29 is 19.4 Å². The first-order chi connectivity index (χ1) is 23.7. The van der Waals surface area contributed by atoms with Crippen LogP contribution in [-0.2, 0) is 9.53 Å². The van der Waals surface area contributed by atoms with Crippen LogP contribution in [0.15, 0.2) is 42.5 Å². The maximum Gasteiger partial charge on any atom is 0.335 e. The molecule has 4 saturated carbocycles. The first-order valence-corrected chi connectivity index (χ1v) is 20.0. The van der Waals surface area contributed by atoms with Gasteiger partial charge in [0.05, 0.1) is 24.2 Å². The van der Waals surface area contributed by atoms with Crippen molar-refractivity contribution in [3.05, 3.63) is 53.6 Å². The molecule has 1 amide bonds. The molecule has 50 heavy (non-hydrogen) atoms. The molecule has 6 aliphatic rings. The summed E-state index contributed by atoms with van der Waals surface area (Å²) in [6.45, 7) is 25.1. The van der Waals surface area contributed by atoms with Gasteiger partial charge in [-0.15, -0.1) is 0 Å². The Morgan fingerprint density at radius 1 is 0.920 bits per heavy atom. The molecule has 1 aliphatic heterocycles. The number of ether oxygens (including phenoxy) is 1. The van der Waals surface area contributed by atoms with E-state index in [1.165, 1.54) is 42.4 Å². The summed E-state index contributed by atoms with van der Waals surface area (Å²) in [7, 11) is 0. The number of carboxylic acid groups (broad SMARTS) is 1. The summed E-state index contributed by atoms with van der Waals surface area (Å²) in [6, 6.07) is 7.57. The molecule has 1 aromatic carbocycles. The number of rotatable bonds is 8. The number of allylic oxidation sites excluding steroid dienone is 3. The number of nitrogens with zero attached hydrogens (tertiary/aromatic N) is 1. The molecule has 0 bridgehead atoms. The molecule has 6 heteroatoms. The molecule has 0 radical (unpaired) electrons. The van der Waals surface area contributed by atoms with Gasteiger partial charge in [-0.05, 0) is 152 Å². The van der Waals surface area contributed by atoms with Crippen LogP contribution >= 0.6 is 0 Å². The largest absolute Gasteiger partial charge is 0.478 e. The van der Waals surface area contributed by atoms with Gasteiger partial charge >= 0.3 is 5.97 Å². The van der Waals surface area contributed by atoms with Crippen molar-refractivity contribution in [1.29, 1.82) is 0 Å². The zero-order valence-corrected chi connectivity index (χ0v) is 31.9. The lowest BCUT2D eigenvalue weighted by molar-refractivity contribution is -0.225. The van der Waals surface area contributed by atoms with Crippen LogP contribution in [0.25, 0.3) is 5.57 Å². The Balaban J connectivity index is 1.14. The van der Waals surface area contributed by atoms with Crippen LogP contribution in [0.2, 0.25) is 0 Å². The Morgan fingerprint density at radius 2 is 1.64 bits per heavy atom. The summed E-state index contributed by atoms with van der Waals surface area (Å²) < 4.78 is 5.53. The van der Waals surface area contributed by atoms with Crippen molar-refractivity contribution in [2.75, 3.05) is 39.4 Å². The van der Waals surface area contributed by atoms with Gasteiger partial charge in [0.15, 0.2) is 0 Å². The summed E-state index contributed by atoms with van der Waals surface area (Å²) in [5.74, 6) is 2.00. The SMILES string of the molecule is C=C(C)C1CCC2(C(=O)NCCCN3CCOCC3)CCC3(C)C(CCC4C5(C)CC=C(c6ccc(C(=O)O)cc6)C(C)(C)C5CCC43C)C12. The van der Waals surface area contributed by atoms with Crippen LogP contribution in [0, 0.1) is 56.7 Å². The van der Waals surface area contributed by atoms with Gasteiger partial charge in [-0.3, -0.25) is 9.69 Å². The lowest BCUT2D eigenvalue weighted by Crippen LogP contribution is -2.66. The minimum Gasteiger partial charge on any atom is -0.478 e. The third kappa shape index (κ3) is 5.39. The highest BCUT2D eigenvalue weighted by atomic mass is 16.5. The Bertz CT molecular complexity index is 1520. The van der Waals surface area contributed by atoms with E-state index in [4.69, 9.17) is 4.74 Å². The summed E-state index contributed by atoms with van der Waals surface area (Å²) in [4.78, 5) is 28.5. The van der Waals surface area contributed by atoms with Crippen molar-refractivity contribution in [2.24, 2.45) is 56.7 Å². The molecule has 274 valence electrons. The predicted octanol–water partition coefficient (Wildman–Crippen LogP) is 8.87. The number of amides is 1. The van der Waals surface area contributed by atoms with Gasteiger partial charge in [0.1, 0.15) is 0 Å². The van der Waals surface area contributed by atoms with E-state index in [1.54, 1.807) is 12.1 Å². The minimum atomic E-state index is -0.871. The number of hydrogen-bond acceptors (Lipinski definition) is 4. The molecule has 9 atom stereocenters. The maximum absolute atomic E-state index is 14.5. The topological polar surface area (TPSA) is 78.9 Å². The van der Waals surface area contributed by atoms with E-state index < -0.39 is 5.97 Å². The van der Waals surface area contributed by atoms with Crippen molar-refractivity contribution in [3.63, 3.8) is 0 Å². The Hall–Kier alpha value is -2.44. The van der Waals surface area contributed by atoms with Crippen LogP contribution in [0.3, 0.4) is 0 Å². The monoisotopic (exact) mass is 684 g/mol. The molecule has 7 rings (SSSR count). The van der Waals surface area contributed by atoms with E-state index in [-0.39, 0.29) is 27.1 Å². The summed E-state index contributed by atoms with van der Waals surface area (Å²) in [5.41, 5.74) is 4.52. The number of carbonyl (C=O) groups excluding carboxylic acids is 1. The van der Waals surface area contributed by atoms with Crippen molar-refractivity contribution >= 4 is 17.4 Å². The summed E-state index contributed by atoms with van der Waals surface area (Å²) >= 11 is 0. The molecular formula is C44H64N2O4. The highest BCUT2D eigenvalue weighted by Crippen LogP contribution is 2.77. The molecule has 1 saturated heterocycles. The third-order valence-electron chi connectivity index (χ3n) is 16.6. The molecule has 0 spiro atoms. The highest BCUT2D eigenvalue weighted by Gasteiger charge is 2.71. The number of benzene rings is 1. The number of hydrogen-bond donors (Lipinski definition) is 2. The first kappa shape index (κ1) is 35.9. The molecule has 6 nitrogen and oxygen atoms in total. The Morgan fingerprint density at radius 3 is 2.32 bits per heavy atom. The van der Waals surface area contributed by atoms with E-state index >= 15 is 0 Å². The Kier molecular flexibility index (Phi) is 9.27. The fraction of sp³-hybridized carbons (Fsp3) is 0.727. The normalized spacial score (nSPS) is 40.8. The second kappa shape index (κ2) is 12.9. The standard InChI is InChI=1S/C44H64N2O4/c1-29(2)32-15-20-44(39(49)45-23-8-24-46-25-27-50-28-26-46)22-21-42(6)34(37(32)44)13-14-36-41(5)18-16-33(30-9-11-31(12-10-30)38(47)48)40(3,4)35(41)17-19-43(36,42)7/h9-12,16,32,34-37H,1,8,13-15,17-28H2,2-7H3,(H,45,49)(H,47,48). The van der Waals surface area contributed by atoms with Gasteiger partial charge in [-0.25, -0.2) is 4.79 Å². The average Bonchev–Trinajstić information content (AvgIpc) is 3.49. The molecule has 5 aliphatic carbocycles. The zero-order valence-electron chi connectivity index (χ0n) is 31.9. The second-order valence-corrected chi connectivity index (χ2v) is 18.8. The van der Waals surface area contributed by atoms with Gasteiger partial charge in [0.2, 0.25) is 5.91 Å². The quantitative estimate of drug-likeness (QED) is 0.211. The molecule has 2 N–H and O–H groups in total. The van der Waals surface area contributed by atoms with E-state index in [0.717, 1.165) is 77.9 Å². The fourth-order valence-electron chi connectivity index (χ4n) is 13.9. The molecule has 5 fully saturated rings. The summed E-state index contributed by atoms with van der Waals surface area (Å²) in [6.07, 6.45) is 13.8. The van der Waals surface area contributed by atoms with Crippen LogP contribution in [-0.4, -0.2) is 61.3 Å². The molecular weight excluding hydrogens is 620 g/mol. The molecule has 0 aromatic heterocycles. The first-order valence-electron chi connectivity index (χ1n) is 20.0. The predicted molar refractivity (Wildman–Crippen MR) is 201 cm³/mol. The number of nitrogens with one attached hydrogen (secondary N) is 1. The number of aromatic carboxylic acids is 1. The minimum absolute atomic E-state index is 0.00505. The van der Waals surface area contributed by atoms with Crippen LogP contribution < -0.4 is 5.32 Å². The lowest BCUT2D eigenvalue weighted by atomic mass is 9.32. The van der Waals surface area contributed by atoms with E-state index in [1.807, 2.05) is 12.1 Å². The van der Waals surface area contributed by atoms with Gasteiger partial charge in [-0.2, -0.15) is 0 Å². The zero-order chi connectivity index (χ0) is 35.7. The number of carbonyl (C=O) groups is 2. The lowest BCUT2D eigenvalue weighted by Gasteiger charge is -2.72. The van der Waals surface area contributed by atoms with Gasteiger partial charge in [0, 0.05) is 19.6 Å². The molecule has 9 unspecified atom stereocenters. The molecule has 1 heterocycles. The van der Waals surface area contributed by atoms with Gasteiger partial charge in [-0.1, -0.05) is 65.0 Å². The van der Waals surface area contributed by atoms with E-state index in [2.05, 4.69) is 64.4 Å². The number of morpholine rings is 1. The van der Waals surface area contributed by atoms with Gasteiger partial charge in [0.25, 0.3) is 0 Å². The van der Waals surface area contributed by atoms with Crippen LogP contribution in [0.4, 0.5) is 0 Å². The van der Waals surface area contributed by atoms with Crippen molar-refractivity contribution in [3.8, 4) is 0 Å². The second-order valence-electron chi connectivity index (χ2n) is 18.8. The van der Waals surface area contributed by atoms with Crippen LogP contribution in [0.1, 0.15) is 122 Å². The van der Waals surface area contributed by atoms with Crippen molar-refractivity contribution in [2.45, 2.75) is 106 Å². The fourth-order valence-corrected chi connectivity index (χ4v) is 13.9. The maximum atomic E-state index is 14.5. The van der Waals surface area contributed by atoms with Crippen molar-refractivity contribution in [1.82, 2.24) is 10.2 Å². The number of carboxylic acids is 1. The average molecular weight is 685 g/mol. The van der Waals surface area contributed by atoms with Gasteiger partial charge < -0.3 is 15.2 Å². The number of fused-ring (bicyclic) bond motifs is 7. The third-order valence-corrected chi connectivity index (χ3v) is 16.6.